The van der Waals surface area contributed by atoms with Crippen molar-refractivity contribution >= 4 is 12.8 Å². The molecule has 48 valence electrons. The maximum atomic E-state index is 10.0. The summed E-state index contributed by atoms with van der Waals surface area (Å²) in [5.74, 6) is 0. The van der Waals surface area contributed by atoms with E-state index in [2.05, 4.69) is 0 Å². The highest BCUT2D eigenvalue weighted by molar-refractivity contribution is 5.55. The monoisotopic (exact) mass is 126 g/mol. The van der Waals surface area contributed by atoms with Gasteiger partial charge in [0.25, 0.3) is 0 Å². The SMILES string of the molecule is O=CN1C=CN(C=O)C1. The summed E-state index contributed by atoms with van der Waals surface area (Å²) in [5, 5.41) is 0. The first-order valence-corrected chi connectivity index (χ1v) is 2.47. The van der Waals surface area contributed by atoms with Crippen LogP contribution in [0.5, 0.6) is 0 Å². The maximum absolute atomic E-state index is 10.0. The minimum absolute atomic E-state index is 0.340. The number of carbonyl (C=O) groups is 2. The lowest BCUT2D eigenvalue weighted by Crippen LogP contribution is -2.22. The Hall–Kier alpha value is -1.32. The first-order valence-electron chi connectivity index (χ1n) is 2.47. The third kappa shape index (κ3) is 1.07. The van der Waals surface area contributed by atoms with Crippen LogP contribution < -0.4 is 0 Å². The molecule has 0 unspecified atom stereocenters. The summed E-state index contributed by atoms with van der Waals surface area (Å²) in [5.41, 5.74) is 0. The molecule has 1 rings (SSSR count). The topological polar surface area (TPSA) is 40.6 Å². The number of carbonyl (C=O) groups excluding carboxylic acids is 2. The first kappa shape index (κ1) is 5.81. The van der Waals surface area contributed by atoms with Crippen LogP contribution in [-0.2, 0) is 9.59 Å². The number of nitrogens with zero attached hydrogens (tertiary/aromatic N) is 2. The van der Waals surface area contributed by atoms with Gasteiger partial charge in [-0.25, -0.2) is 0 Å². The van der Waals surface area contributed by atoms with Crippen molar-refractivity contribution in [1.82, 2.24) is 9.80 Å². The van der Waals surface area contributed by atoms with Crippen molar-refractivity contribution in [3.63, 3.8) is 0 Å². The maximum Gasteiger partial charge on any atom is 0.215 e. The van der Waals surface area contributed by atoms with Crippen LogP contribution in [0.2, 0.25) is 0 Å². The van der Waals surface area contributed by atoms with Crippen molar-refractivity contribution in [2.24, 2.45) is 0 Å². The normalized spacial score (nSPS) is 16.4. The third-order valence-electron chi connectivity index (χ3n) is 1.05. The molecule has 0 fully saturated rings. The van der Waals surface area contributed by atoms with Gasteiger partial charge in [0.2, 0.25) is 12.8 Å². The zero-order valence-electron chi connectivity index (χ0n) is 4.73. The van der Waals surface area contributed by atoms with Gasteiger partial charge in [0.15, 0.2) is 0 Å². The molecule has 0 saturated carbocycles. The van der Waals surface area contributed by atoms with Gasteiger partial charge in [0.1, 0.15) is 6.67 Å². The molecule has 9 heavy (non-hydrogen) atoms. The quantitative estimate of drug-likeness (QED) is 0.461. The molecule has 0 aromatic heterocycles. The minimum atomic E-state index is 0.340. The van der Waals surface area contributed by atoms with Gasteiger partial charge < -0.3 is 9.80 Å². The average molecular weight is 126 g/mol. The van der Waals surface area contributed by atoms with E-state index in [9.17, 15) is 9.59 Å². The zero-order valence-corrected chi connectivity index (χ0v) is 4.73. The highest BCUT2D eigenvalue weighted by atomic mass is 16.1. The predicted molar refractivity (Wildman–Crippen MR) is 29.8 cm³/mol. The summed E-state index contributed by atoms with van der Waals surface area (Å²) >= 11 is 0. The van der Waals surface area contributed by atoms with Crippen LogP contribution >= 0.6 is 0 Å². The Morgan fingerprint density at radius 1 is 1.11 bits per heavy atom. The van der Waals surface area contributed by atoms with Crippen molar-refractivity contribution < 1.29 is 9.59 Å². The molecule has 1 aliphatic heterocycles. The van der Waals surface area contributed by atoms with E-state index in [1.54, 1.807) is 12.4 Å². The molecule has 0 aromatic carbocycles. The van der Waals surface area contributed by atoms with Crippen molar-refractivity contribution in [1.29, 1.82) is 0 Å². The van der Waals surface area contributed by atoms with E-state index in [0.717, 1.165) is 0 Å². The van der Waals surface area contributed by atoms with Crippen LogP contribution in [0.3, 0.4) is 0 Å². The van der Waals surface area contributed by atoms with Gasteiger partial charge in [-0.15, -0.1) is 0 Å². The molecule has 4 nitrogen and oxygen atoms in total. The molecule has 0 bridgehead atoms. The second-order valence-electron chi connectivity index (χ2n) is 1.68. The second kappa shape index (κ2) is 2.30. The van der Waals surface area contributed by atoms with Crippen molar-refractivity contribution in [2.75, 3.05) is 6.67 Å². The van der Waals surface area contributed by atoms with Gasteiger partial charge in [-0.2, -0.15) is 0 Å². The van der Waals surface area contributed by atoms with E-state index in [1.165, 1.54) is 9.80 Å². The van der Waals surface area contributed by atoms with Crippen molar-refractivity contribution in [3.8, 4) is 0 Å². The van der Waals surface area contributed by atoms with Crippen molar-refractivity contribution in [2.45, 2.75) is 0 Å². The summed E-state index contributed by atoms with van der Waals surface area (Å²) < 4.78 is 0. The van der Waals surface area contributed by atoms with Gasteiger partial charge in [0, 0.05) is 12.4 Å². The Kier molecular flexibility index (Phi) is 1.48. The highest BCUT2D eigenvalue weighted by Gasteiger charge is 2.08. The summed E-state index contributed by atoms with van der Waals surface area (Å²) in [6.45, 7) is 0.340. The fourth-order valence-corrected chi connectivity index (χ4v) is 0.591. The van der Waals surface area contributed by atoms with Gasteiger partial charge in [-0.05, 0) is 0 Å². The largest absolute Gasteiger partial charge is 0.301 e. The fraction of sp³-hybridized carbons (Fsp3) is 0.200. The Morgan fingerprint density at radius 2 is 1.56 bits per heavy atom. The van der Waals surface area contributed by atoms with Gasteiger partial charge >= 0.3 is 0 Å². The van der Waals surface area contributed by atoms with Crippen molar-refractivity contribution in [3.05, 3.63) is 12.4 Å². The molecule has 1 aliphatic rings. The lowest BCUT2D eigenvalue weighted by molar-refractivity contribution is -0.119. The van der Waals surface area contributed by atoms with Crippen LogP contribution in [0.1, 0.15) is 0 Å². The molecular formula is C5H6N2O2. The Morgan fingerprint density at radius 3 is 1.78 bits per heavy atom. The molecule has 2 amide bonds. The number of rotatable bonds is 2. The third-order valence-corrected chi connectivity index (χ3v) is 1.05. The summed E-state index contributed by atoms with van der Waals surface area (Å²) in [6, 6.07) is 0. The molecular weight excluding hydrogens is 120 g/mol. The zero-order chi connectivity index (χ0) is 6.69. The lowest BCUT2D eigenvalue weighted by atomic mass is 10.8. The average Bonchev–Trinajstić information content (AvgIpc) is 2.34. The molecule has 0 aliphatic carbocycles. The van der Waals surface area contributed by atoms with E-state index in [4.69, 9.17) is 0 Å². The first-order chi connectivity index (χ1) is 4.36. The van der Waals surface area contributed by atoms with Crippen LogP contribution in [0.25, 0.3) is 0 Å². The summed E-state index contributed by atoms with van der Waals surface area (Å²) in [7, 11) is 0. The molecule has 0 saturated heterocycles. The number of hydrogen-bond donors (Lipinski definition) is 0. The van der Waals surface area contributed by atoms with Crippen LogP contribution in [0, 0.1) is 0 Å². The molecule has 4 heteroatoms. The molecule has 0 aromatic rings. The van der Waals surface area contributed by atoms with E-state index in [1.807, 2.05) is 0 Å². The van der Waals surface area contributed by atoms with Crippen LogP contribution in [0.15, 0.2) is 12.4 Å². The molecule has 1 heterocycles. The van der Waals surface area contributed by atoms with Crippen LogP contribution in [-0.4, -0.2) is 29.3 Å². The van der Waals surface area contributed by atoms with Gasteiger partial charge in [0.05, 0.1) is 0 Å². The molecule has 0 radical (unpaired) electrons. The predicted octanol–water partition coefficient (Wildman–Crippen LogP) is -0.655. The van der Waals surface area contributed by atoms with E-state index >= 15 is 0 Å². The number of amides is 2. The molecule has 0 spiro atoms. The standard InChI is InChI=1S/C5H6N2O2/c8-4-6-1-2-7(3-6)5-9/h1-2,4-5H,3H2. The summed E-state index contributed by atoms with van der Waals surface area (Å²) in [4.78, 5) is 22.7. The molecule has 0 N–H and O–H groups in total. The van der Waals surface area contributed by atoms with Gasteiger partial charge in [-0.3, -0.25) is 9.59 Å². The fourth-order valence-electron chi connectivity index (χ4n) is 0.591. The van der Waals surface area contributed by atoms with Crippen LogP contribution in [0.4, 0.5) is 0 Å². The number of hydrogen-bond acceptors (Lipinski definition) is 2. The lowest BCUT2D eigenvalue weighted by Gasteiger charge is -2.07. The molecule has 0 atom stereocenters. The highest BCUT2D eigenvalue weighted by Crippen LogP contribution is 1.99. The van der Waals surface area contributed by atoms with E-state index in [-0.39, 0.29) is 0 Å². The van der Waals surface area contributed by atoms with E-state index in [0.29, 0.717) is 19.5 Å². The summed E-state index contributed by atoms with van der Waals surface area (Å²) in [6.07, 6.45) is 4.42. The smallest absolute Gasteiger partial charge is 0.215 e. The van der Waals surface area contributed by atoms with Gasteiger partial charge in [-0.1, -0.05) is 0 Å². The minimum Gasteiger partial charge on any atom is -0.301 e. The Labute approximate surface area is 52.3 Å². The second-order valence-corrected chi connectivity index (χ2v) is 1.68. The Balaban J connectivity index is 2.48. The Bertz CT molecular complexity index is 139. The van der Waals surface area contributed by atoms with E-state index < -0.39 is 0 Å².